The van der Waals surface area contributed by atoms with E-state index in [2.05, 4.69) is 10.3 Å². The minimum Gasteiger partial charge on any atom is -0.493 e. The van der Waals surface area contributed by atoms with E-state index >= 15 is 0 Å². The number of nitrogens with one attached hydrogen (secondary N) is 1. The van der Waals surface area contributed by atoms with E-state index < -0.39 is 0 Å². The molecule has 1 fully saturated rings. The standard InChI is InChI=1S/C24H17Cl2FN2O3S/c1-31-20-11-15(7-10-19(20)32-13-14-5-8-16(27)9-6-14)12-21-23(30)29-24(33-21)28-18-4-2-3-17(25)22(18)26/h2-12H,13H2,1H3,(H,28,29,30)/b21-12-. The van der Waals surface area contributed by atoms with E-state index in [-0.39, 0.29) is 18.3 Å². The van der Waals surface area contributed by atoms with Crippen LogP contribution in [0.15, 0.2) is 70.6 Å². The molecule has 1 aliphatic rings. The Morgan fingerprint density at radius 1 is 1.09 bits per heavy atom. The Kier molecular flexibility index (Phi) is 7.23. The van der Waals surface area contributed by atoms with Crippen molar-refractivity contribution in [3.8, 4) is 11.5 Å². The number of rotatable bonds is 6. The molecule has 1 heterocycles. The summed E-state index contributed by atoms with van der Waals surface area (Å²) in [5.41, 5.74) is 2.05. The summed E-state index contributed by atoms with van der Waals surface area (Å²) in [4.78, 5) is 17.3. The first-order chi connectivity index (χ1) is 15.9. The van der Waals surface area contributed by atoms with Gasteiger partial charge in [-0.2, -0.15) is 0 Å². The van der Waals surface area contributed by atoms with Crippen molar-refractivity contribution >= 4 is 57.8 Å². The summed E-state index contributed by atoms with van der Waals surface area (Å²) in [5.74, 6) is 0.471. The summed E-state index contributed by atoms with van der Waals surface area (Å²) in [6.07, 6.45) is 1.73. The Morgan fingerprint density at radius 3 is 2.64 bits per heavy atom. The number of amidine groups is 1. The highest BCUT2D eigenvalue weighted by atomic mass is 35.5. The van der Waals surface area contributed by atoms with Crippen LogP contribution in [0.2, 0.25) is 10.0 Å². The fourth-order valence-corrected chi connectivity index (χ4v) is 4.13. The molecule has 0 aromatic heterocycles. The zero-order chi connectivity index (χ0) is 23.4. The topological polar surface area (TPSA) is 59.9 Å². The van der Waals surface area contributed by atoms with E-state index in [4.69, 9.17) is 32.7 Å². The van der Waals surface area contributed by atoms with E-state index in [0.29, 0.717) is 37.3 Å². The van der Waals surface area contributed by atoms with Gasteiger partial charge in [-0.05, 0) is 65.4 Å². The van der Waals surface area contributed by atoms with Crippen LogP contribution in [-0.4, -0.2) is 18.2 Å². The van der Waals surface area contributed by atoms with Gasteiger partial charge in [0.2, 0.25) is 0 Å². The number of methoxy groups -OCH3 is 1. The van der Waals surface area contributed by atoms with Crippen molar-refractivity contribution in [3.05, 3.63) is 92.6 Å². The highest BCUT2D eigenvalue weighted by Crippen LogP contribution is 2.35. The van der Waals surface area contributed by atoms with Gasteiger partial charge in [0.1, 0.15) is 12.4 Å². The third-order valence-corrected chi connectivity index (χ3v) is 6.32. The molecule has 9 heteroatoms. The quantitative estimate of drug-likeness (QED) is 0.385. The van der Waals surface area contributed by atoms with Gasteiger partial charge in [-0.15, -0.1) is 0 Å². The van der Waals surface area contributed by atoms with Gasteiger partial charge in [-0.3, -0.25) is 4.79 Å². The SMILES string of the molecule is COc1cc(/C=C2\SC(=Nc3cccc(Cl)c3Cl)NC2=O)ccc1OCc1ccc(F)cc1. The maximum atomic E-state index is 13.1. The number of hydrogen-bond donors (Lipinski definition) is 1. The summed E-state index contributed by atoms with van der Waals surface area (Å²) in [5, 5.41) is 3.83. The highest BCUT2D eigenvalue weighted by Gasteiger charge is 2.24. The van der Waals surface area contributed by atoms with E-state index in [9.17, 15) is 9.18 Å². The number of nitrogens with zero attached hydrogens (tertiary/aromatic N) is 1. The number of carbonyl (C=O) groups excluding carboxylic acids is 1. The molecule has 0 spiro atoms. The Morgan fingerprint density at radius 2 is 1.88 bits per heavy atom. The van der Waals surface area contributed by atoms with Gasteiger partial charge in [-0.25, -0.2) is 9.38 Å². The van der Waals surface area contributed by atoms with Crippen molar-refractivity contribution in [1.29, 1.82) is 0 Å². The van der Waals surface area contributed by atoms with Crippen LogP contribution < -0.4 is 14.8 Å². The first-order valence-electron chi connectivity index (χ1n) is 9.72. The lowest BCUT2D eigenvalue weighted by molar-refractivity contribution is -0.115. The smallest absolute Gasteiger partial charge is 0.264 e. The van der Waals surface area contributed by atoms with Crippen LogP contribution >= 0.6 is 35.0 Å². The molecule has 0 atom stereocenters. The first-order valence-corrected chi connectivity index (χ1v) is 11.3. The average molecular weight is 503 g/mol. The number of ether oxygens (including phenoxy) is 2. The molecule has 4 rings (SSSR count). The van der Waals surface area contributed by atoms with Crippen molar-refractivity contribution in [2.45, 2.75) is 6.61 Å². The maximum Gasteiger partial charge on any atom is 0.264 e. The van der Waals surface area contributed by atoms with Crippen LogP contribution in [-0.2, 0) is 11.4 Å². The molecule has 0 unspecified atom stereocenters. The number of carbonyl (C=O) groups is 1. The van der Waals surface area contributed by atoms with Crippen molar-refractivity contribution in [3.63, 3.8) is 0 Å². The minimum atomic E-state index is -0.300. The molecule has 5 nitrogen and oxygen atoms in total. The predicted octanol–water partition coefficient (Wildman–Crippen LogP) is 6.61. The molecule has 168 valence electrons. The number of hydrogen-bond acceptors (Lipinski definition) is 5. The molecule has 1 aliphatic heterocycles. The van der Waals surface area contributed by atoms with E-state index in [0.717, 1.165) is 11.1 Å². The fourth-order valence-electron chi connectivity index (χ4n) is 2.95. The molecule has 33 heavy (non-hydrogen) atoms. The maximum absolute atomic E-state index is 13.1. The lowest BCUT2D eigenvalue weighted by Crippen LogP contribution is -2.19. The lowest BCUT2D eigenvalue weighted by atomic mass is 10.2. The molecule has 1 saturated heterocycles. The van der Waals surface area contributed by atoms with Gasteiger partial charge in [0, 0.05) is 0 Å². The molecule has 1 N–H and O–H groups in total. The third kappa shape index (κ3) is 5.68. The predicted molar refractivity (Wildman–Crippen MR) is 131 cm³/mol. The third-order valence-electron chi connectivity index (χ3n) is 4.60. The Hall–Kier alpha value is -3.00. The normalized spacial score (nSPS) is 15.7. The second-order valence-electron chi connectivity index (χ2n) is 6.88. The van der Waals surface area contributed by atoms with Gasteiger partial charge in [-0.1, -0.05) is 47.5 Å². The van der Waals surface area contributed by atoms with Crippen molar-refractivity contribution in [2.24, 2.45) is 4.99 Å². The second-order valence-corrected chi connectivity index (χ2v) is 8.70. The zero-order valence-electron chi connectivity index (χ0n) is 17.3. The van der Waals surface area contributed by atoms with Crippen molar-refractivity contribution < 1.29 is 18.7 Å². The second kappa shape index (κ2) is 10.3. The fraction of sp³-hybridized carbons (Fsp3) is 0.0833. The lowest BCUT2D eigenvalue weighted by Gasteiger charge is -2.11. The zero-order valence-corrected chi connectivity index (χ0v) is 19.6. The molecule has 0 aliphatic carbocycles. The van der Waals surface area contributed by atoms with E-state index in [1.54, 1.807) is 48.5 Å². The molecular weight excluding hydrogens is 486 g/mol. The summed E-state index contributed by atoms with van der Waals surface area (Å²) in [6.45, 7) is 0.265. The first kappa shape index (κ1) is 23.2. The van der Waals surface area contributed by atoms with Gasteiger partial charge in [0.15, 0.2) is 16.7 Å². The van der Waals surface area contributed by atoms with Crippen LogP contribution in [0.25, 0.3) is 6.08 Å². The molecule has 0 saturated carbocycles. The van der Waals surface area contributed by atoms with E-state index in [1.807, 2.05) is 6.07 Å². The van der Waals surface area contributed by atoms with Gasteiger partial charge < -0.3 is 14.8 Å². The van der Waals surface area contributed by atoms with E-state index in [1.165, 1.54) is 31.0 Å². The minimum absolute atomic E-state index is 0.265. The highest BCUT2D eigenvalue weighted by molar-refractivity contribution is 8.18. The van der Waals surface area contributed by atoms with Crippen molar-refractivity contribution in [2.75, 3.05) is 7.11 Å². The Balaban J connectivity index is 1.50. The molecule has 1 amide bonds. The Bertz CT molecular complexity index is 1260. The van der Waals surface area contributed by atoms with Gasteiger partial charge in [0.25, 0.3) is 5.91 Å². The largest absolute Gasteiger partial charge is 0.493 e. The molecule has 3 aromatic rings. The summed E-state index contributed by atoms with van der Waals surface area (Å²) >= 11 is 13.4. The Labute approximate surface area is 204 Å². The number of amides is 1. The molecule has 0 radical (unpaired) electrons. The van der Waals surface area contributed by atoms with Crippen LogP contribution in [0.3, 0.4) is 0 Å². The van der Waals surface area contributed by atoms with Crippen LogP contribution in [0.4, 0.5) is 10.1 Å². The number of aliphatic imine (C=N–C) groups is 1. The monoisotopic (exact) mass is 502 g/mol. The number of benzene rings is 3. The van der Waals surface area contributed by atoms with Gasteiger partial charge >= 0.3 is 0 Å². The molecule has 3 aromatic carbocycles. The number of thioether (sulfide) groups is 1. The molecular formula is C24H17Cl2FN2O3S. The summed E-state index contributed by atoms with van der Waals surface area (Å²) in [7, 11) is 1.54. The molecule has 0 bridgehead atoms. The number of halogens is 3. The summed E-state index contributed by atoms with van der Waals surface area (Å²) in [6, 6.07) is 16.5. The van der Waals surface area contributed by atoms with Crippen LogP contribution in [0, 0.1) is 5.82 Å². The summed E-state index contributed by atoms with van der Waals surface area (Å²) < 4.78 is 24.3. The van der Waals surface area contributed by atoms with Crippen LogP contribution in [0.5, 0.6) is 11.5 Å². The van der Waals surface area contributed by atoms with Gasteiger partial charge in [0.05, 0.1) is 27.7 Å². The van der Waals surface area contributed by atoms with Crippen LogP contribution in [0.1, 0.15) is 11.1 Å². The average Bonchev–Trinajstić information content (AvgIpc) is 3.15. The van der Waals surface area contributed by atoms with Crippen molar-refractivity contribution in [1.82, 2.24) is 5.32 Å².